The lowest BCUT2D eigenvalue weighted by atomic mass is 9.87. The molecule has 3 aromatic carbocycles. The molecule has 198 valence electrons. The predicted octanol–water partition coefficient (Wildman–Crippen LogP) is 5.98. The number of para-hydroxylation sites is 1. The quantitative estimate of drug-likeness (QED) is 0.233. The first kappa shape index (κ1) is 26.0. The number of nitrogens with zero attached hydrogens (tertiary/aromatic N) is 2. The number of ether oxygens (including phenoxy) is 2. The summed E-state index contributed by atoms with van der Waals surface area (Å²) in [5, 5.41) is 4.23. The van der Waals surface area contributed by atoms with Gasteiger partial charge in [0.25, 0.3) is 0 Å². The first-order valence-electron chi connectivity index (χ1n) is 13.2. The lowest BCUT2D eigenvalue weighted by Crippen LogP contribution is -2.27. The molecular weight excluding hydrogens is 486 g/mol. The summed E-state index contributed by atoms with van der Waals surface area (Å²) in [6.45, 7) is 1.27. The highest BCUT2D eigenvalue weighted by Crippen LogP contribution is 2.38. The van der Waals surface area contributed by atoms with Crippen LogP contribution < -0.4 is 14.8 Å². The van der Waals surface area contributed by atoms with E-state index in [0.29, 0.717) is 24.5 Å². The summed E-state index contributed by atoms with van der Waals surface area (Å²) in [5.41, 5.74) is 5.37. The lowest BCUT2D eigenvalue weighted by molar-refractivity contribution is -0.121. The zero-order chi connectivity index (χ0) is 27.0. The molecule has 1 atom stereocenters. The minimum atomic E-state index is -0.203. The van der Waals surface area contributed by atoms with Crippen LogP contribution in [0.4, 0.5) is 0 Å². The summed E-state index contributed by atoms with van der Waals surface area (Å²) < 4.78 is 13.4. The fraction of sp³-hybridized carbons (Fsp3) is 0.212. The number of rotatable bonds is 11. The summed E-state index contributed by atoms with van der Waals surface area (Å²) in [4.78, 5) is 17.7. The van der Waals surface area contributed by atoms with E-state index in [4.69, 9.17) is 9.47 Å². The van der Waals surface area contributed by atoms with Crippen LogP contribution >= 0.6 is 0 Å². The summed E-state index contributed by atoms with van der Waals surface area (Å²) in [6.07, 6.45) is 4.93. The smallest absolute Gasteiger partial charge is 0.220 e. The second kappa shape index (κ2) is 12.3. The van der Waals surface area contributed by atoms with Gasteiger partial charge in [0.1, 0.15) is 11.5 Å². The van der Waals surface area contributed by atoms with E-state index in [9.17, 15) is 4.79 Å². The summed E-state index contributed by atoms with van der Waals surface area (Å²) in [6, 6.07) is 30.5. The average molecular weight is 520 g/mol. The number of benzene rings is 3. The van der Waals surface area contributed by atoms with Gasteiger partial charge in [-0.15, -0.1) is 0 Å². The molecule has 0 fully saturated rings. The Morgan fingerprint density at radius 2 is 1.62 bits per heavy atom. The van der Waals surface area contributed by atoms with E-state index in [0.717, 1.165) is 34.3 Å². The van der Waals surface area contributed by atoms with Gasteiger partial charge in [-0.3, -0.25) is 9.78 Å². The van der Waals surface area contributed by atoms with Crippen molar-refractivity contribution in [2.24, 2.45) is 0 Å². The van der Waals surface area contributed by atoms with E-state index in [-0.39, 0.29) is 18.2 Å². The van der Waals surface area contributed by atoms with Crippen LogP contribution in [0.25, 0.3) is 10.9 Å². The molecule has 0 saturated heterocycles. The number of pyridine rings is 1. The number of carbonyl (C=O) groups is 1. The van der Waals surface area contributed by atoms with Gasteiger partial charge < -0.3 is 19.4 Å². The zero-order valence-electron chi connectivity index (χ0n) is 22.3. The summed E-state index contributed by atoms with van der Waals surface area (Å²) in [7, 11) is 3.28. The Labute approximate surface area is 229 Å². The summed E-state index contributed by atoms with van der Waals surface area (Å²) >= 11 is 0. The minimum absolute atomic E-state index is 0.0161. The Morgan fingerprint density at radius 3 is 2.33 bits per heavy atom. The minimum Gasteiger partial charge on any atom is -0.497 e. The molecule has 1 amide bonds. The number of hydrogen-bond acceptors (Lipinski definition) is 4. The van der Waals surface area contributed by atoms with Gasteiger partial charge in [-0.2, -0.15) is 0 Å². The maximum Gasteiger partial charge on any atom is 0.220 e. The van der Waals surface area contributed by atoms with Crippen LogP contribution in [0.15, 0.2) is 103 Å². The van der Waals surface area contributed by atoms with Crippen molar-refractivity contribution in [1.82, 2.24) is 14.9 Å². The van der Waals surface area contributed by atoms with Crippen molar-refractivity contribution >= 4 is 16.8 Å². The standard InChI is InChI=1S/C33H33N3O3/c1-38-27-18-25(19-28(20-27)39-2)30(21-33(37)35-17-15-26-12-8-9-16-34-26)31-23-36(22-24-10-4-3-5-11-24)32-14-7-6-13-29(31)32/h3-14,16,18-20,23,30H,15,17,21-22H2,1-2H3,(H,35,37). The molecule has 0 spiro atoms. The molecule has 6 nitrogen and oxygen atoms in total. The third-order valence-electron chi connectivity index (χ3n) is 6.99. The van der Waals surface area contributed by atoms with Gasteiger partial charge in [0.2, 0.25) is 5.91 Å². The van der Waals surface area contributed by atoms with Gasteiger partial charge >= 0.3 is 0 Å². The molecule has 0 aliphatic carbocycles. The van der Waals surface area contributed by atoms with Crippen molar-refractivity contribution in [3.8, 4) is 11.5 Å². The molecule has 0 saturated carbocycles. The second-order valence-electron chi connectivity index (χ2n) is 9.54. The molecule has 2 heterocycles. The molecule has 1 N–H and O–H groups in total. The maximum absolute atomic E-state index is 13.3. The molecule has 39 heavy (non-hydrogen) atoms. The summed E-state index contributed by atoms with van der Waals surface area (Å²) in [5.74, 6) is 1.17. The van der Waals surface area contributed by atoms with E-state index in [1.54, 1.807) is 20.4 Å². The van der Waals surface area contributed by atoms with Gasteiger partial charge in [-0.1, -0.05) is 54.6 Å². The van der Waals surface area contributed by atoms with Gasteiger partial charge in [-0.05, 0) is 47.0 Å². The Kier molecular flexibility index (Phi) is 8.22. The van der Waals surface area contributed by atoms with E-state index in [2.05, 4.69) is 69.6 Å². The Hall–Kier alpha value is -4.58. The fourth-order valence-corrected chi connectivity index (χ4v) is 5.04. The van der Waals surface area contributed by atoms with Crippen molar-refractivity contribution in [3.05, 3.63) is 126 Å². The largest absolute Gasteiger partial charge is 0.497 e. The Balaban J connectivity index is 1.50. The van der Waals surface area contributed by atoms with Crippen molar-refractivity contribution < 1.29 is 14.3 Å². The molecule has 0 aliphatic rings. The number of methoxy groups -OCH3 is 2. The number of aromatic nitrogens is 2. The lowest BCUT2D eigenvalue weighted by Gasteiger charge is -2.19. The molecule has 0 radical (unpaired) electrons. The molecular formula is C33H33N3O3. The van der Waals surface area contributed by atoms with Crippen LogP contribution in [0.1, 0.15) is 34.7 Å². The molecule has 1 unspecified atom stereocenters. The van der Waals surface area contributed by atoms with Crippen LogP contribution in [-0.4, -0.2) is 36.2 Å². The molecule has 2 aromatic heterocycles. The SMILES string of the molecule is COc1cc(OC)cc(C(CC(=O)NCCc2ccccn2)c2cn(Cc3ccccc3)c3ccccc23)c1. The van der Waals surface area contributed by atoms with Gasteiger partial charge in [0.05, 0.1) is 14.2 Å². The van der Waals surface area contributed by atoms with Crippen molar-refractivity contribution in [1.29, 1.82) is 0 Å². The van der Waals surface area contributed by atoms with Crippen LogP contribution in [0.3, 0.4) is 0 Å². The van der Waals surface area contributed by atoms with Crippen LogP contribution in [0.5, 0.6) is 11.5 Å². The van der Waals surface area contributed by atoms with E-state index in [1.807, 2.05) is 42.5 Å². The van der Waals surface area contributed by atoms with Crippen LogP contribution in [-0.2, 0) is 17.8 Å². The molecule has 5 rings (SSSR count). The highest BCUT2D eigenvalue weighted by molar-refractivity contribution is 5.87. The molecule has 0 bridgehead atoms. The number of amides is 1. The van der Waals surface area contributed by atoms with Crippen LogP contribution in [0.2, 0.25) is 0 Å². The zero-order valence-corrected chi connectivity index (χ0v) is 22.3. The second-order valence-corrected chi connectivity index (χ2v) is 9.54. The highest BCUT2D eigenvalue weighted by atomic mass is 16.5. The number of fused-ring (bicyclic) bond motifs is 1. The normalized spacial score (nSPS) is 11.7. The molecule has 0 aliphatic heterocycles. The number of nitrogens with one attached hydrogen (secondary N) is 1. The monoisotopic (exact) mass is 519 g/mol. The first-order valence-corrected chi connectivity index (χ1v) is 13.2. The van der Waals surface area contributed by atoms with E-state index < -0.39 is 0 Å². The Bertz CT molecular complexity index is 1510. The Morgan fingerprint density at radius 1 is 0.897 bits per heavy atom. The van der Waals surface area contributed by atoms with Crippen molar-refractivity contribution in [2.75, 3.05) is 20.8 Å². The number of carbonyl (C=O) groups excluding carboxylic acids is 1. The highest BCUT2D eigenvalue weighted by Gasteiger charge is 2.24. The molecule has 5 aromatic rings. The first-order chi connectivity index (χ1) is 19.1. The predicted molar refractivity (Wildman–Crippen MR) is 154 cm³/mol. The third-order valence-corrected chi connectivity index (χ3v) is 6.99. The van der Waals surface area contributed by atoms with E-state index in [1.165, 1.54) is 5.56 Å². The third kappa shape index (κ3) is 6.29. The molecule has 6 heteroatoms. The fourth-order valence-electron chi connectivity index (χ4n) is 5.04. The average Bonchev–Trinajstić information content (AvgIpc) is 3.34. The maximum atomic E-state index is 13.3. The van der Waals surface area contributed by atoms with Gasteiger partial charge in [0, 0.05) is 66.9 Å². The van der Waals surface area contributed by atoms with Gasteiger partial charge in [-0.25, -0.2) is 0 Å². The number of hydrogen-bond donors (Lipinski definition) is 1. The van der Waals surface area contributed by atoms with Gasteiger partial charge in [0.15, 0.2) is 0 Å². The van der Waals surface area contributed by atoms with Crippen molar-refractivity contribution in [2.45, 2.75) is 25.3 Å². The van der Waals surface area contributed by atoms with Crippen LogP contribution in [0, 0.1) is 0 Å². The van der Waals surface area contributed by atoms with E-state index >= 15 is 0 Å². The topological polar surface area (TPSA) is 65.4 Å². The van der Waals surface area contributed by atoms with Crippen molar-refractivity contribution in [3.63, 3.8) is 0 Å².